The van der Waals surface area contributed by atoms with Crippen molar-refractivity contribution in [1.82, 2.24) is 9.62 Å². The average molecular weight is 312 g/mol. The maximum absolute atomic E-state index is 11.9. The molecule has 118 valence electrons. The third-order valence-corrected chi connectivity index (χ3v) is 5.42. The van der Waals surface area contributed by atoms with E-state index in [1.807, 2.05) is 6.07 Å². The maximum atomic E-state index is 11.9. The molecule has 0 radical (unpaired) electrons. The lowest BCUT2D eigenvalue weighted by Gasteiger charge is -2.30. The molecule has 0 aliphatic carbocycles. The van der Waals surface area contributed by atoms with Crippen molar-refractivity contribution in [2.75, 3.05) is 44.4 Å². The summed E-state index contributed by atoms with van der Waals surface area (Å²) in [6.07, 6.45) is 1.08. The molecule has 0 bridgehead atoms. The van der Waals surface area contributed by atoms with Crippen LogP contribution in [0.3, 0.4) is 0 Å². The number of benzene rings is 1. The molecule has 1 aliphatic rings. The van der Waals surface area contributed by atoms with Crippen molar-refractivity contribution >= 4 is 21.4 Å². The Morgan fingerprint density at radius 2 is 2.05 bits per heavy atom. The number of likely N-dealkylation sites (N-methyl/N-ethyl adjacent to an activating group) is 1. The lowest BCUT2D eigenvalue weighted by atomic mass is 10.2. The van der Waals surface area contributed by atoms with E-state index in [0.29, 0.717) is 6.04 Å². The number of anilines is 2. The van der Waals surface area contributed by atoms with Gasteiger partial charge in [0.1, 0.15) is 4.90 Å². The first-order valence-electron chi connectivity index (χ1n) is 7.13. The van der Waals surface area contributed by atoms with Crippen molar-refractivity contribution in [2.24, 2.45) is 0 Å². The van der Waals surface area contributed by atoms with E-state index in [1.165, 1.54) is 7.05 Å². The van der Waals surface area contributed by atoms with E-state index < -0.39 is 10.0 Å². The highest BCUT2D eigenvalue weighted by atomic mass is 32.2. The molecule has 1 aromatic carbocycles. The Labute approximate surface area is 127 Å². The summed E-state index contributed by atoms with van der Waals surface area (Å²) in [5.74, 6) is 0. The minimum atomic E-state index is -3.51. The summed E-state index contributed by atoms with van der Waals surface area (Å²) in [4.78, 5) is 4.73. The fourth-order valence-corrected chi connectivity index (χ4v) is 3.66. The fraction of sp³-hybridized carbons (Fsp3) is 0.571. The smallest absolute Gasteiger partial charge is 0.242 e. The van der Waals surface area contributed by atoms with Crippen molar-refractivity contribution < 1.29 is 8.42 Å². The Morgan fingerprint density at radius 3 is 2.67 bits per heavy atom. The standard InChI is InChI=1S/C14H24N4O2S/c1-11-10-17(3)7-4-8-18(11)12-5-6-14(13(15)9-12)21(19,20)16-2/h5-6,9,11,16H,4,7-8,10,15H2,1-3H3. The van der Waals surface area contributed by atoms with Crippen LogP contribution < -0.4 is 15.4 Å². The second-order valence-corrected chi connectivity index (χ2v) is 7.44. The number of hydrogen-bond acceptors (Lipinski definition) is 5. The van der Waals surface area contributed by atoms with Gasteiger partial charge in [-0.2, -0.15) is 0 Å². The summed E-state index contributed by atoms with van der Waals surface area (Å²) in [5, 5.41) is 0. The molecule has 2 rings (SSSR count). The molecule has 1 heterocycles. The molecule has 0 aromatic heterocycles. The predicted octanol–water partition coefficient (Wildman–Crippen LogP) is 0.707. The minimum absolute atomic E-state index is 0.133. The van der Waals surface area contributed by atoms with Gasteiger partial charge in [0.25, 0.3) is 0 Å². The first kappa shape index (κ1) is 16.1. The van der Waals surface area contributed by atoms with Crippen LogP contribution in [0.25, 0.3) is 0 Å². The number of hydrogen-bond donors (Lipinski definition) is 2. The third kappa shape index (κ3) is 3.48. The van der Waals surface area contributed by atoms with E-state index in [2.05, 4.69) is 28.5 Å². The maximum Gasteiger partial charge on any atom is 0.242 e. The number of nitrogen functional groups attached to an aromatic ring is 1. The van der Waals surface area contributed by atoms with Gasteiger partial charge in [0.05, 0.1) is 5.69 Å². The monoisotopic (exact) mass is 312 g/mol. The van der Waals surface area contributed by atoms with Crippen LogP contribution in [-0.4, -0.2) is 53.1 Å². The summed E-state index contributed by atoms with van der Waals surface area (Å²) in [6.45, 7) is 5.18. The molecule has 1 unspecified atom stereocenters. The van der Waals surface area contributed by atoms with E-state index in [9.17, 15) is 8.42 Å². The lowest BCUT2D eigenvalue weighted by molar-refractivity contribution is 0.337. The quantitative estimate of drug-likeness (QED) is 0.804. The number of rotatable bonds is 3. The van der Waals surface area contributed by atoms with Crippen LogP contribution in [0, 0.1) is 0 Å². The number of nitrogens with two attached hydrogens (primary N) is 1. The van der Waals surface area contributed by atoms with Gasteiger partial charge in [0, 0.05) is 24.8 Å². The Balaban J connectivity index is 2.31. The topological polar surface area (TPSA) is 78.7 Å². The fourth-order valence-electron chi connectivity index (χ4n) is 2.83. The van der Waals surface area contributed by atoms with Crippen LogP contribution in [0.1, 0.15) is 13.3 Å². The van der Waals surface area contributed by atoms with Gasteiger partial charge in [-0.05, 0) is 52.2 Å². The first-order valence-corrected chi connectivity index (χ1v) is 8.61. The Kier molecular flexibility index (Phi) is 4.75. The van der Waals surface area contributed by atoms with Gasteiger partial charge in [0.2, 0.25) is 10.0 Å². The van der Waals surface area contributed by atoms with Crippen molar-refractivity contribution in [3.05, 3.63) is 18.2 Å². The third-order valence-electron chi connectivity index (χ3n) is 3.93. The highest BCUT2D eigenvalue weighted by Crippen LogP contribution is 2.27. The Bertz CT molecular complexity index is 603. The molecule has 21 heavy (non-hydrogen) atoms. The normalized spacial score (nSPS) is 21.3. The van der Waals surface area contributed by atoms with Gasteiger partial charge in [0.15, 0.2) is 0 Å². The summed E-state index contributed by atoms with van der Waals surface area (Å²) in [5.41, 5.74) is 7.21. The van der Waals surface area contributed by atoms with Gasteiger partial charge in [-0.1, -0.05) is 0 Å². The van der Waals surface area contributed by atoms with Crippen LogP contribution in [0.5, 0.6) is 0 Å². The Morgan fingerprint density at radius 1 is 1.33 bits per heavy atom. The lowest BCUT2D eigenvalue weighted by Crippen LogP contribution is -2.38. The highest BCUT2D eigenvalue weighted by molar-refractivity contribution is 7.89. The minimum Gasteiger partial charge on any atom is -0.398 e. The van der Waals surface area contributed by atoms with Crippen LogP contribution in [0.4, 0.5) is 11.4 Å². The molecule has 6 nitrogen and oxygen atoms in total. The van der Waals surface area contributed by atoms with E-state index >= 15 is 0 Å². The number of nitrogens with zero attached hydrogens (tertiary/aromatic N) is 2. The van der Waals surface area contributed by atoms with Gasteiger partial charge in [-0.3, -0.25) is 0 Å². The van der Waals surface area contributed by atoms with E-state index in [4.69, 9.17) is 5.73 Å². The van der Waals surface area contributed by atoms with Crippen LogP contribution >= 0.6 is 0 Å². The number of nitrogens with one attached hydrogen (secondary N) is 1. The largest absolute Gasteiger partial charge is 0.398 e. The van der Waals surface area contributed by atoms with Crippen molar-refractivity contribution in [1.29, 1.82) is 0 Å². The SMILES string of the molecule is CNS(=O)(=O)c1ccc(N2CCCN(C)CC2C)cc1N. The van der Waals surface area contributed by atoms with Gasteiger partial charge in [-0.15, -0.1) is 0 Å². The zero-order valence-electron chi connectivity index (χ0n) is 12.8. The second kappa shape index (κ2) is 6.21. The Hall–Kier alpha value is -1.31. The van der Waals surface area contributed by atoms with Gasteiger partial charge < -0.3 is 15.5 Å². The van der Waals surface area contributed by atoms with Crippen LogP contribution in [-0.2, 0) is 10.0 Å². The van der Waals surface area contributed by atoms with E-state index in [1.54, 1.807) is 12.1 Å². The van der Waals surface area contributed by atoms with Gasteiger partial charge in [-0.25, -0.2) is 13.1 Å². The molecule has 7 heteroatoms. The zero-order valence-corrected chi connectivity index (χ0v) is 13.7. The molecular formula is C14H24N4O2S. The zero-order chi connectivity index (χ0) is 15.6. The molecule has 1 aromatic rings. The van der Waals surface area contributed by atoms with E-state index in [-0.39, 0.29) is 10.6 Å². The van der Waals surface area contributed by atoms with Crippen LogP contribution in [0.15, 0.2) is 23.1 Å². The van der Waals surface area contributed by atoms with Crippen molar-refractivity contribution in [2.45, 2.75) is 24.3 Å². The first-order chi connectivity index (χ1) is 9.85. The molecule has 0 saturated carbocycles. The van der Waals surface area contributed by atoms with Crippen LogP contribution in [0.2, 0.25) is 0 Å². The summed E-state index contributed by atoms with van der Waals surface area (Å²) in [6, 6.07) is 5.54. The predicted molar refractivity (Wildman–Crippen MR) is 86.0 cm³/mol. The molecule has 0 spiro atoms. The van der Waals surface area contributed by atoms with E-state index in [0.717, 1.165) is 31.7 Å². The van der Waals surface area contributed by atoms with Crippen molar-refractivity contribution in [3.8, 4) is 0 Å². The molecule has 0 amide bonds. The molecule has 1 atom stereocenters. The number of sulfonamides is 1. The summed E-state index contributed by atoms with van der Waals surface area (Å²) < 4.78 is 26.0. The second-order valence-electron chi connectivity index (χ2n) is 5.59. The average Bonchev–Trinajstić information content (AvgIpc) is 2.59. The summed E-state index contributed by atoms with van der Waals surface area (Å²) >= 11 is 0. The van der Waals surface area contributed by atoms with Crippen molar-refractivity contribution in [3.63, 3.8) is 0 Å². The highest BCUT2D eigenvalue weighted by Gasteiger charge is 2.22. The molecule has 1 aliphatic heterocycles. The molecular weight excluding hydrogens is 288 g/mol. The molecule has 1 saturated heterocycles. The molecule has 1 fully saturated rings. The summed E-state index contributed by atoms with van der Waals surface area (Å²) in [7, 11) is -0.00130. The molecule has 3 N–H and O–H groups in total. The van der Waals surface area contributed by atoms with Gasteiger partial charge >= 0.3 is 0 Å².